The van der Waals surface area contributed by atoms with Crippen molar-refractivity contribution in [2.24, 2.45) is 5.92 Å². The van der Waals surface area contributed by atoms with Crippen LogP contribution in [0.1, 0.15) is 13.3 Å². The number of benzene rings is 2. The van der Waals surface area contributed by atoms with E-state index in [0.29, 0.717) is 18.7 Å². The average molecular weight is 414 g/mol. The van der Waals surface area contributed by atoms with Gasteiger partial charge in [-0.05, 0) is 47.9 Å². The van der Waals surface area contributed by atoms with Gasteiger partial charge in [-0.25, -0.2) is 0 Å². The number of ether oxygens (including phenoxy) is 1. The average Bonchev–Trinajstić information content (AvgIpc) is 3.34. The maximum atomic E-state index is 12.6. The molecule has 1 atom stereocenters. The van der Waals surface area contributed by atoms with E-state index < -0.39 is 0 Å². The van der Waals surface area contributed by atoms with Crippen molar-refractivity contribution in [1.29, 1.82) is 0 Å². The molecule has 0 amide bonds. The molecule has 2 aromatic heterocycles. The first-order chi connectivity index (χ1) is 15.1. The minimum Gasteiger partial charge on any atom is -0.426 e. The molecular weight excluding hydrogens is 392 g/mol. The Morgan fingerprint density at radius 3 is 2.35 bits per heavy atom. The smallest absolute Gasteiger partial charge is 0.314 e. The van der Waals surface area contributed by atoms with Crippen molar-refractivity contribution in [2.45, 2.75) is 19.9 Å². The maximum Gasteiger partial charge on any atom is 0.314 e. The lowest BCUT2D eigenvalue weighted by Crippen LogP contribution is -2.23. The Kier molecular flexibility index (Phi) is 6.03. The van der Waals surface area contributed by atoms with E-state index in [4.69, 9.17) is 4.74 Å². The lowest BCUT2D eigenvalue weighted by molar-refractivity contribution is -0.138. The number of hydrogen-bond acceptors (Lipinski definition) is 5. The van der Waals surface area contributed by atoms with Gasteiger partial charge in [0, 0.05) is 18.8 Å². The Morgan fingerprint density at radius 2 is 1.68 bits per heavy atom. The zero-order valence-electron chi connectivity index (χ0n) is 17.1. The molecule has 0 N–H and O–H groups in total. The van der Waals surface area contributed by atoms with Crippen molar-refractivity contribution in [3.05, 3.63) is 95.7 Å². The molecule has 7 nitrogen and oxygen atoms in total. The highest BCUT2D eigenvalue weighted by Crippen LogP contribution is 2.19. The zero-order valence-corrected chi connectivity index (χ0v) is 17.1. The van der Waals surface area contributed by atoms with E-state index in [0.717, 1.165) is 16.8 Å². The first kappa shape index (κ1) is 20.3. The first-order valence-corrected chi connectivity index (χ1v) is 10.0. The van der Waals surface area contributed by atoms with Crippen molar-refractivity contribution >= 4 is 5.97 Å². The molecule has 4 rings (SSSR count). The lowest BCUT2D eigenvalue weighted by atomic mass is 10.1. The van der Waals surface area contributed by atoms with Crippen LogP contribution in [0.25, 0.3) is 16.8 Å². The Labute approximate surface area is 179 Å². The molecule has 0 fully saturated rings. The molecule has 0 spiro atoms. The van der Waals surface area contributed by atoms with Crippen LogP contribution in [-0.2, 0) is 11.3 Å². The summed E-state index contributed by atoms with van der Waals surface area (Å²) in [4.78, 5) is 26.3. The van der Waals surface area contributed by atoms with Gasteiger partial charge in [-0.3, -0.25) is 9.59 Å². The van der Waals surface area contributed by atoms with E-state index in [1.165, 1.54) is 4.80 Å². The SMILES string of the molecule is CC(CCn1ccc(-c2ccc(-n3nccn3)cc2)cc1=O)C(=O)Oc1ccccc1. The highest BCUT2D eigenvalue weighted by Gasteiger charge is 2.15. The van der Waals surface area contributed by atoms with Gasteiger partial charge in [0.2, 0.25) is 0 Å². The number of carbonyl (C=O) groups is 1. The first-order valence-electron chi connectivity index (χ1n) is 10.0. The fraction of sp³-hybridized carbons (Fsp3) is 0.167. The predicted octanol–water partition coefficient (Wildman–Crippen LogP) is 3.73. The molecule has 0 aliphatic rings. The normalized spacial score (nSPS) is 11.8. The second-order valence-electron chi connectivity index (χ2n) is 7.24. The summed E-state index contributed by atoms with van der Waals surface area (Å²) in [6.07, 6.45) is 5.51. The van der Waals surface area contributed by atoms with Gasteiger partial charge < -0.3 is 9.30 Å². The number of hydrogen-bond donors (Lipinski definition) is 0. The minimum absolute atomic E-state index is 0.112. The van der Waals surface area contributed by atoms with Gasteiger partial charge in [-0.15, -0.1) is 0 Å². The summed E-state index contributed by atoms with van der Waals surface area (Å²) in [6.45, 7) is 2.24. The monoisotopic (exact) mass is 414 g/mol. The lowest BCUT2D eigenvalue weighted by Gasteiger charge is -2.13. The van der Waals surface area contributed by atoms with E-state index in [1.807, 2.05) is 48.5 Å². The zero-order chi connectivity index (χ0) is 21.6. The summed E-state index contributed by atoms with van der Waals surface area (Å²) in [5.74, 6) is -0.104. The third-order valence-corrected chi connectivity index (χ3v) is 5.01. The molecule has 156 valence electrons. The number of esters is 1. The summed E-state index contributed by atoms with van der Waals surface area (Å²) in [7, 11) is 0. The summed E-state index contributed by atoms with van der Waals surface area (Å²) in [5.41, 5.74) is 2.50. The number of nitrogens with zero attached hydrogens (tertiary/aromatic N) is 4. The van der Waals surface area contributed by atoms with Crippen LogP contribution in [0.4, 0.5) is 0 Å². The van der Waals surface area contributed by atoms with Gasteiger partial charge in [0.1, 0.15) is 5.75 Å². The minimum atomic E-state index is -0.324. The Hall–Kier alpha value is -4.00. The van der Waals surface area contributed by atoms with E-state index in [2.05, 4.69) is 10.2 Å². The summed E-state index contributed by atoms with van der Waals surface area (Å²) in [5, 5.41) is 8.21. The van der Waals surface area contributed by atoms with Crippen molar-refractivity contribution in [3.63, 3.8) is 0 Å². The summed E-state index contributed by atoms with van der Waals surface area (Å²) >= 11 is 0. The van der Waals surface area contributed by atoms with Gasteiger partial charge in [-0.2, -0.15) is 15.0 Å². The molecule has 0 bridgehead atoms. The van der Waals surface area contributed by atoms with E-state index in [9.17, 15) is 9.59 Å². The number of carbonyl (C=O) groups excluding carboxylic acids is 1. The van der Waals surface area contributed by atoms with Crippen LogP contribution in [0.15, 0.2) is 90.1 Å². The van der Waals surface area contributed by atoms with Crippen LogP contribution < -0.4 is 10.3 Å². The fourth-order valence-electron chi connectivity index (χ4n) is 3.16. The van der Waals surface area contributed by atoms with Crippen LogP contribution in [0, 0.1) is 5.92 Å². The number of aromatic nitrogens is 4. The molecule has 0 saturated heterocycles. The number of para-hydroxylation sites is 1. The molecular formula is C24H22N4O3. The largest absolute Gasteiger partial charge is 0.426 e. The predicted molar refractivity (Wildman–Crippen MR) is 117 cm³/mol. The highest BCUT2D eigenvalue weighted by atomic mass is 16.5. The van der Waals surface area contributed by atoms with Crippen molar-refractivity contribution < 1.29 is 9.53 Å². The van der Waals surface area contributed by atoms with Crippen LogP contribution >= 0.6 is 0 Å². The molecule has 7 heteroatoms. The second-order valence-corrected chi connectivity index (χ2v) is 7.24. The molecule has 4 aromatic rings. The van der Waals surface area contributed by atoms with Crippen molar-refractivity contribution in [2.75, 3.05) is 0 Å². The molecule has 0 radical (unpaired) electrons. The Bertz CT molecular complexity index is 1200. The Balaban J connectivity index is 1.38. The molecule has 0 aliphatic heterocycles. The summed E-state index contributed by atoms with van der Waals surface area (Å²) < 4.78 is 6.98. The van der Waals surface area contributed by atoms with Crippen LogP contribution in [-0.4, -0.2) is 25.5 Å². The number of rotatable bonds is 7. The highest BCUT2D eigenvalue weighted by molar-refractivity contribution is 5.74. The van der Waals surface area contributed by atoms with Gasteiger partial charge in [-0.1, -0.05) is 37.3 Å². The van der Waals surface area contributed by atoms with Crippen LogP contribution in [0.5, 0.6) is 5.75 Å². The fourth-order valence-corrected chi connectivity index (χ4v) is 3.16. The van der Waals surface area contributed by atoms with Crippen LogP contribution in [0.3, 0.4) is 0 Å². The standard InChI is InChI=1S/C24H22N4O3/c1-18(24(30)31-22-5-3-2-4-6-22)11-15-27-16-12-20(17-23(27)29)19-7-9-21(10-8-19)28-25-13-14-26-28/h2-10,12-14,16-18H,11,15H2,1H3. The van der Waals surface area contributed by atoms with E-state index in [1.54, 1.807) is 48.3 Å². The number of aryl methyl sites for hydroxylation is 1. The third kappa shape index (κ3) is 4.95. The molecule has 0 saturated carbocycles. The van der Waals surface area contributed by atoms with Gasteiger partial charge >= 0.3 is 5.97 Å². The molecule has 2 heterocycles. The van der Waals surface area contributed by atoms with Crippen LogP contribution in [0.2, 0.25) is 0 Å². The quantitative estimate of drug-likeness (QED) is 0.340. The number of pyridine rings is 1. The molecule has 2 aromatic carbocycles. The van der Waals surface area contributed by atoms with E-state index in [-0.39, 0.29) is 17.4 Å². The maximum absolute atomic E-state index is 12.6. The van der Waals surface area contributed by atoms with Gasteiger partial charge in [0.25, 0.3) is 5.56 Å². The topological polar surface area (TPSA) is 79.0 Å². The Morgan fingerprint density at radius 1 is 0.968 bits per heavy atom. The summed E-state index contributed by atoms with van der Waals surface area (Å²) in [6, 6.07) is 20.1. The molecule has 0 aliphatic carbocycles. The van der Waals surface area contributed by atoms with Gasteiger partial charge in [0.05, 0.1) is 24.0 Å². The third-order valence-electron chi connectivity index (χ3n) is 5.01. The van der Waals surface area contributed by atoms with Crippen molar-refractivity contribution in [3.8, 4) is 22.6 Å². The molecule has 31 heavy (non-hydrogen) atoms. The van der Waals surface area contributed by atoms with Crippen molar-refractivity contribution in [1.82, 2.24) is 19.6 Å². The second kappa shape index (κ2) is 9.21. The molecule has 1 unspecified atom stereocenters. The van der Waals surface area contributed by atoms with E-state index >= 15 is 0 Å². The van der Waals surface area contributed by atoms with Gasteiger partial charge in [0.15, 0.2) is 0 Å².